The van der Waals surface area contributed by atoms with Crippen molar-refractivity contribution in [2.75, 3.05) is 44.4 Å². The van der Waals surface area contributed by atoms with Gasteiger partial charge in [0.15, 0.2) is 21.5 Å². The van der Waals surface area contributed by atoms with Gasteiger partial charge in [0.2, 0.25) is 11.9 Å². The summed E-state index contributed by atoms with van der Waals surface area (Å²) in [6.07, 6.45) is 4.65. The number of carbonyl (C=O) groups is 1. The van der Waals surface area contributed by atoms with E-state index in [0.29, 0.717) is 42.1 Å². The smallest absolute Gasteiger partial charge is 0.236 e. The maximum Gasteiger partial charge on any atom is 0.236 e. The Hall–Kier alpha value is -4.07. The fourth-order valence-corrected chi connectivity index (χ4v) is 6.91. The molecule has 14 heteroatoms. The van der Waals surface area contributed by atoms with E-state index in [-0.39, 0.29) is 45.6 Å². The van der Waals surface area contributed by atoms with Crippen molar-refractivity contribution < 1.29 is 23.1 Å². The Morgan fingerprint density at radius 3 is 2.47 bits per heavy atom. The number of para-hydroxylation sites is 1. The number of likely N-dealkylation sites (N-methyl/N-ethyl adjacent to an activating group) is 1. The molecule has 1 amide bonds. The Bertz CT molecular complexity index is 1870. The van der Waals surface area contributed by atoms with Crippen molar-refractivity contribution in [3.63, 3.8) is 0 Å². The summed E-state index contributed by atoms with van der Waals surface area (Å²) in [7, 11) is 0.177. The number of ether oxygens (including phenoxy) is 1. The van der Waals surface area contributed by atoms with E-state index in [4.69, 9.17) is 16.3 Å². The van der Waals surface area contributed by atoms with Crippen LogP contribution in [0.4, 0.5) is 23.1 Å². The minimum absolute atomic E-state index is 0.0345. The standard InChI is InChI=1S/C33H42ClN7O5S/c1-20(2)46-28-15-22-18-41(23-11-13-40(14-12-23)30(42)19-39(5)6)32(43)24(22)16-27(28)37-33-35-17-25(34)31(38-33)36-26-9-7-8-10-29(26)47(44,45)21(3)4/h7-10,15-18,20-21,23,43H,11-14,19H2,1-6H3,(H2,35,36,37,38). The number of amides is 1. The van der Waals surface area contributed by atoms with Crippen LogP contribution in [0, 0.1) is 0 Å². The SMILES string of the molecule is CC(C)Oc1cc2cn(C3CCN(C(=O)CN(C)C)CC3)c(O)c2cc1Nc1ncc(Cl)c(Nc2ccccc2S(=O)(=O)C(C)C)n1. The van der Waals surface area contributed by atoms with Crippen LogP contribution in [-0.2, 0) is 14.6 Å². The lowest BCUT2D eigenvalue weighted by atomic mass is 10.0. The number of aromatic hydroxyl groups is 1. The molecule has 4 aromatic rings. The fraction of sp³-hybridized carbons (Fsp3) is 0.424. The van der Waals surface area contributed by atoms with Crippen LogP contribution in [0.2, 0.25) is 5.02 Å². The lowest BCUT2D eigenvalue weighted by Crippen LogP contribution is -2.42. The van der Waals surface area contributed by atoms with Crippen molar-refractivity contribution in [1.82, 2.24) is 24.3 Å². The summed E-state index contributed by atoms with van der Waals surface area (Å²) in [6, 6.07) is 10.3. The number of carbonyl (C=O) groups excluding carboxylic acids is 1. The van der Waals surface area contributed by atoms with Crippen LogP contribution < -0.4 is 15.4 Å². The van der Waals surface area contributed by atoms with Crippen LogP contribution >= 0.6 is 11.6 Å². The fourth-order valence-electron chi connectivity index (χ4n) is 5.57. The summed E-state index contributed by atoms with van der Waals surface area (Å²) in [5.41, 5.74) is 0.872. The number of aromatic nitrogens is 3. The van der Waals surface area contributed by atoms with Crippen molar-refractivity contribution >= 4 is 61.3 Å². The second kappa shape index (κ2) is 14.0. The van der Waals surface area contributed by atoms with Gasteiger partial charge in [0.05, 0.1) is 40.4 Å². The van der Waals surface area contributed by atoms with Crippen LogP contribution in [0.3, 0.4) is 0 Å². The maximum absolute atomic E-state index is 13.0. The Morgan fingerprint density at radius 1 is 1.11 bits per heavy atom. The first kappa shape index (κ1) is 34.3. The molecular weight excluding hydrogens is 642 g/mol. The van der Waals surface area contributed by atoms with Crippen molar-refractivity contribution in [3.8, 4) is 11.6 Å². The number of hydrogen-bond donors (Lipinski definition) is 3. The predicted octanol–water partition coefficient (Wildman–Crippen LogP) is 5.97. The van der Waals surface area contributed by atoms with Crippen molar-refractivity contribution in [3.05, 3.63) is 53.8 Å². The van der Waals surface area contributed by atoms with Gasteiger partial charge in [-0.2, -0.15) is 4.98 Å². The van der Waals surface area contributed by atoms with Gasteiger partial charge < -0.3 is 34.8 Å². The number of benzene rings is 2. The largest absolute Gasteiger partial charge is 0.494 e. The molecule has 2 aromatic heterocycles. The quantitative estimate of drug-likeness (QED) is 0.173. The van der Waals surface area contributed by atoms with Gasteiger partial charge in [0, 0.05) is 36.1 Å². The van der Waals surface area contributed by atoms with E-state index in [2.05, 4.69) is 20.6 Å². The average molecular weight is 684 g/mol. The lowest BCUT2D eigenvalue weighted by molar-refractivity contribution is -0.133. The number of piperidine rings is 1. The number of nitrogens with one attached hydrogen (secondary N) is 2. The van der Waals surface area contributed by atoms with Crippen LogP contribution in [-0.4, -0.2) is 88.8 Å². The zero-order valence-electron chi connectivity index (χ0n) is 27.5. The molecule has 0 bridgehead atoms. The summed E-state index contributed by atoms with van der Waals surface area (Å²) in [5, 5.41) is 18.7. The van der Waals surface area contributed by atoms with Crippen LogP contribution in [0.1, 0.15) is 46.6 Å². The van der Waals surface area contributed by atoms with Crippen molar-refractivity contribution in [2.24, 2.45) is 0 Å². The molecule has 0 aliphatic carbocycles. The van der Waals surface area contributed by atoms with Crippen LogP contribution in [0.5, 0.6) is 11.6 Å². The molecule has 12 nitrogen and oxygen atoms in total. The van der Waals surface area contributed by atoms with Crippen molar-refractivity contribution in [2.45, 2.75) is 62.8 Å². The normalized spacial score (nSPS) is 14.4. The Kier molecular flexibility index (Phi) is 10.2. The number of fused-ring (bicyclic) bond motifs is 1. The molecule has 1 saturated heterocycles. The topological polar surface area (TPSA) is 142 Å². The highest BCUT2D eigenvalue weighted by Crippen LogP contribution is 2.40. The highest BCUT2D eigenvalue weighted by atomic mass is 35.5. The minimum atomic E-state index is -3.58. The number of rotatable bonds is 11. The summed E-state index contributed by atoms with van der Waals surface area (Å²) in [4.78, 5) is 25.3. The van der Waals surface area contributed by atoms with Crippen molar-refractivity contribution in [1.29, 1.82) is 0 Å². The third kappa shape index (κ3) is 7.58. The summed E-state index contributed by atoms with van der Waals surface area (Å²) in [6.45, 7) is 8.72. The van der Waals surface area contributed by atoms with E-state index in [9.17, 15) is 18.3 Å². The molecule has 1 aliphatic rings. The zero-order chi connectivity index (χ0) is 34.0. The Balaban J connectivity index is 1.43. The van der Waals surface area contributed by atoms with E-state index in [1.165, 1.54) is 6.20 Å². The van der Waals surface area contributed by atoms with E-state index in [0.717, 1.165) is 18.2 Å². The number of anilines is 4. The summed E-state index contributed by atoms with van der Waals surface area (Å²) < 4.78 is 34.0. The monoisotopic (exact) mass is 683 g/mol. The van der Waals surface area contributed by atoms with E-state index in [1.54, 1.807) is 44.2 Å². The lowest BCUT2D eigenvalue weighted by Gasteiger charge is -2.33. The van der Waals surface area contributed by atoms with Gasteiger partial charge in [-0.3, -0.25) is 4.79 Å². The minimum Gasteiger partial charge on any atom is -0.494 e. The highest BCUT2D eigenvalue weighted by Gasteiger charge is 2.27. The molecule has 47 heavy (non-hydrogen) atoms. The zero-order valence-corrected chi connectivity index (χ0v) is 29.1. The molecule has 3 heterocycles. The first-order chi connectivity index (χ1) is 22.2. The average Bonchev–Trinajstić information content (AvgIpc) is 3.33. The summed E-state index contributed by atoms with van der Waals surface area (Å²) >= 11 is 6.45. The number of likely N-dealkylation sites (tertiary alicyclic amines) is 1. The first-order valence-corrected chi connectivity index (χ1v) is 17.5. The third-order valence-corrected chi connectivity index (χ3v) is 10.5. The second-order valence-corrected chi connectivity index (χ2v) is 15.4. The molecule has 1 aliphatic heterocycles. The molecule has 0 spiro atoms. The molecular formula is C33H42ClN7O5S. The highest BCUT2D eigenvalue weighted by molar-refractivity contribution is 7.92. The molecule has 1 fully saturated rings. The van der Waals surface area contributed by atoms with E-state index < -0.39 is 15.1 Å². The number of sulfone groups is 1. The Labute approximate surface area is 280 Å². The van der Waals surface area contributed by atoms with Gasteiger partial charge in [0.1, 0.15) is 10.8 Å². The molecule has 0 radical (unpaired) electrons. The predicted molar refractivity (Wildman–Crippen MR) is 185 cm³/mol. The van der Waals surface area contributed by atoms with Gasteiger partial charge >= 0.3 is 0 Å². The molecule has 3 N–H and O–H groups in total. The molecule has 0 atom stereocenters. The molecule has 252 valence electrons. The first-order valence-electron chi connectivity index (χ1n) is 15.6. The second-order valence-electron chi connectivity index (χ2n) is 12.5. The third-order valence-electron chi connectivity index (χ3n) is 8.00. The van der Waals surface area contributed by atoms with Crippen LogP contribution in [0.25, 0.3) is 10.8 Å². The van der Waals surface area contributed by atoms with Gasteiger partial charge in [-0.1, -0.05) is 23.7 Å². The van der Waals surface area contributed by atoms with Gasteiger partial charge in [-0.15, -0.1) is 0 Å². The molecule has 5 rings (SSSR count). The van der Waals surface area contributed by atoms with Gasteiger partial charge in [-0.25, -0.2) is 13.4 Å². The van der Waals surface area contributed by atoms with E-state index in [1.807, 2.05) is 54.6 Å². The van der Waals surface area contributed by atoms with Gasteiger partial charge in [-0.05, 0) is 78.9 Å². The summed E-state index contributed by atoms with van der Waals surface area (Å²) in [5.74, 6) is 1.17. The number of hydrogen-bond acceptors (Lipinski definition) is 10. The maximum atomic E-state index is 13.0. The molecule has 0 unspecified atom stereocenters. The van der Waals surface area contributed by atoms with E-state index >= 15 is 0 Å². The van der Waals surface area contributed by atoms with Crippen LogP contribution in [0.15, 0.2) is 53.7 Å². The number of halogens is 1. The van der Waals surface area contributed by atoms with Gasteiger partial charge in [0.25, 0.3) is 0 Å². The molecule has 0 saturated carbocycles. The number of nitrogens with zero attached hydrogens (tertiary/aromatic N) is 5. The molecule has 2 aromatic carbocycles. The Morgan fingerprint density at radius 2 is 1.81 bits per heavy atom.